The van der Waals surface area contributed by atoms with E-state index in [0.29, 0.717) is 18.3 Å². The van der Waals surface area contributed by atoms with Crippen LogP contribution in [0, 0.1) is 6.92 Å². The van der Waals surface area contributed by atoms with E-state index in [2.05, 4.69) is 46.1 Å². The van der Waals surface area contributed by atoms with Crippen LogP contribution in [0.5, 0.6) is 0 Å². The molecule has 3 rings (SSSR count). The van der Waals surface area contributed by atoms with E-state index in [9.17, 15) is 0 Å². The van der Waals surface area contributed by atoms with Gasteiger partial charge in [-0.25, -0.2) is 4.98 Å². The van der Waals surface area contributed by atoms with Crippen molar-refractivity contribution < 1.29 is 0 Å². The molecule has 0 bridgehead atoms. The molecule has 0 saturated heterocycles. The van der Waals surface area contributed by atoms with Crippen molar-refractivity contribution in [1.29, 1.82) is 0 Å². The zero-order valence-corrected chi connectivity index (χ0v) is 11.8. The third kappa shape index (κ3) is 2.95. The highest BCUT2D eigenvalue weighted by molar-refractivity contribution is 5.26. The van der Waals surface area contributed by atoms with Gasteiger partial charge in [-0.2, -0.15) is 9.97 Å². The summed E-state index contributed by atoms with van der Waals surface area (Å²) in [5, 5.41) is 0. The van der Waals surface area contributed by atoms with E-state index in [4.69, 9.17) is 5.73 Å². The second-order valence-corrected chi connectivity index (χ2v) is 5.61. The molecule has 1 saturated carbocycles. The Morgan fingerprint density at radius 2 is 1.75 bits per heavy atom. The van der Waals surface area contributed by atoms with Crippen LogP contribution in [0.1, 0.15) is 54.4 Å². The van der Waals surface area contributed by atoms with Gasteiger partial charge in [0.2, 0.25) is 5.95 Å². The van der Waals surface area contributed by atoms with Crippen LogP contribution in [0.15, 0.2) is 24.3 Å². The zero-order valence-electron chi connectivity index (χ0n) is 11.8. The molecule has 20 heavy (non-hydrogen) atoms. The number of nitrogens with zero attached hydrogens (tertiary/aromatic N) is 3. The average Bonchev–Trinajstić information content (AvgIpc) is 2.95. The summed E-state index contributed by atoms with van der Waals surface area (Å²) in [5.41, 5.74) is 8.31. The Hall–Kier alpha value is -1.97. The van der Waals surface area contributed by atoms with Crippen molar-refractivity contribution in [3.8, 4) is 0 Å². The number of anilines is 1. The summed E-state index contributed by atoms with van der Waals surface area (Å²) in [6.07, 6.45) is 5.60. The van der Waals surface area contributed by atoms with Gasteiger partial charge < -0.3 is 5.73 Å². The quantitative estimate of drug-likeness (QED) is 0.929. The number of hydrogen-bond acceptors (Lipinski definition) is 4. The maximum Gasteiger partial charge on any atom is 0.223 e. The van der Waals surface area contributed by atoms with Gasteiger partial charge in [-0.3, -0.25) is 0 Å². The normalized spacial score (nSPS) is 15.7. The lowest BCUT2D eigenvalue weighted by atomic mass is 10.1. The number of nitrogen functional groups attached to an aromatic ring is 1. The molecule has 1 fully saturated rings. The molecule has 0 radical (unpaired) electrons. The highest BCUT2D eigenvalue weighted by Gasteiger charge is 2.21. The molecule has 2 N–H and O–H groups in total. The minimum atomic E-state index is 0.351. The van der Waals surface area contributed by atoms with E-state index < -0.39 is 0 Å². The van der Waals surface area contributed by atoms with Crippen LogP contribution >= 0.6 is 0 Å². The average molecular weight is 268 g/mol. The van der Waals surface area contributed by atoms with Gasteiger partial charge in [0.15, 0.2) is 0 Å². The van der Waals surface area contributed by atoms with Gasteiger partial charge in [0, 0.05) is 12.3 Å². The highest BCUT2D eigenvalue weighted by atomic mass is 15.1. The predicted molar refractivity (Wildman–Crippen MR) is 79.4 cm³/mol. The molecule has 0 unspecified atom stereocenters. The number of aryl methyl sites for hydroxylation is 1. The topological polar surface area (TPSA) is 64.7 Å². The molecular weight excluding hydrogens is 248 g/mol. The predicted octanol–water partition coefficient (Wildman–Crippen LogP) is 3.01. The number of nitrogens with two attached hydrogens (primary N) is 1. The van der Waals surface area contributed by atoms with Crippen molar-refractivity contribution in [2.45, 2.75) is 44.9 Å². The number of rotatable bonds is 3. The number of hydrogen-bond donors (Lipinski definition) is 1. The second kappa shape index (κ2) is 5.57. The molecule has 2 aromatic rings. The molecule has 1 aromatic heterocycles. The second-order valence-electron chi connectivity index (χ2n) is 5.61. The first-order valence-electron chi connectivity index (χ1n) is 7.26. The largest absolute Gasteiger partial charge is 0.368 e. The molecule has 0 aliphatic heterocycles. The lowest BCUT2D eigenvalue weighted by molar-refractivity contribution is 0.654. The molecule has 1 aliphatic carbocycles. The molecular formula is C16H20N4. The van der Waals surface area contributed by atoms with E-state index in [1.165, 1.54) is 36.8 Å². The fourth-order valence-electron chi connectivity index (χ4n) is 2.79. The molecule has 104 valence electrons. The van der Waals surface area contributed by atoms with E-state index in [1.54, 1.807) is 0 Å². The summed E-state index contributed by atoms with van der Waals surface area (Å²) in [6.45, 7) is 2.09. The van der Waals surface area contributed by atoms with Gasteiger partial charge in [-0.05, 0) is 25.3 Å². The lowest BCUT2D eigenvalue weighted by Gasteiger charge is -2.10. The van der Waals surface area contributed by atoms with Gasteiger partial charge in [-0.1, -0.05) is 42.7 Å². The Balaban J connectivity index is 1.83. The first-order valence-corrected chi connectivity index (χ1v) is 7.26. The highest BCUT2D eigenvalue weighted by Crippen LogP contribution is 2.32. The Morgan fingerprint density at radius 3 is 2.45 bits per heavy atom. The maximum absolute atomic E-state index is 5.84. The van der Waals surface area contributed by atoms with Crippen molar-refractivity contribution in [3.05, 3.63) is 47.0 Å². The van der Waals surface area contributed by atoms with E-state index in [1.807, 2.05) is 0 Å². The Morgan fingerprint density at radius 1 is 1.05 bits per heavy atom. The van der Waals surface area contributed by atoms with E-state index >= 15 is 0 Å². The van der Waals surface area contributed by atoms with Crippen molar-refractivity contribution >= 4 is 5.95 Å². The Kier molecular flexibility index (Phi) is 3.63. The van der Waals surface area contributed by atoms with Crippen LogP contribution in [-0.2, 0) is 6.42 Å². The summed E-state index contributed by atoms with van der Waals surface area (Å²) in [7, 11) is 0. The van der Waals surface area contributed by atoms with Gasteiger partial charge in [0.25, 0.3) is 0 Å². The fourth-order valence-corrected chi connectivity index (χ4v) is 2.79. The minimum Gasteiger partial charge on any atom is -0.368 e. The third-order valence-corrected chi connectivity index (χ3v) is 3.92. The van der Waals surface area contributed by atoms with Gasteiger partial charge in [0.1, 0.15) is 11.6 Å². The van der Waals surface area contributed by atoms with Gasteiger partial charge >= 0.3 is 0 Å². The fraction of sp³-hybridized carbons (Fsp3) is 0.438. The van der Waals surface area contributed by atoms with E-state index in [-0.39, 0.29) is 0 Å². The summed E-state index contributed by atoms with van der Waals surface area (Å²) in [4.78, 5) is 13.2. The third-order valence-electron chi connectivity index (χ3n) is 3.92. The molecule has 4 heteroatoms. The smallest absolute Gasteiger partial charge is 0.223 e. The van der Waals surface area contributed by atoms with E-state index in [0.717, 1.165) is 11.6 Å². The first kappa shape index (κ1) is 13.0. The molecule has 0 amide bonds. The molecule has 4 nitrogen and oxygen atoms in total. The molecule has 1 aliphatic rings. The maximum atomic E-state index is 5.84. The van der Waals surface area contributed by atoms with Crippen molar-refractivity contribution in [3.63, 3.8) is 0 Å². The Bertz CT molecular complexity index is 586. The SMILES string of the molecule is Cc1ccc(Cc2nc(N)nc(C3CCCC3)n2)cc1. The van der Waals surface area contributed by atoms with Crippen molar-refractivity contribution in [2.75, 3.05) is 5.73 Å². The summed E-state index contributed by atoms with van der Waals surface area (Å²) < 4.78 is 0. The Labute approximate surface area is 119 Å². The van der Waals surface area contributed by atoms with Gasteiger partial charge in [0.05, 0.1) is 0 Å². The molecule has 1 heterocycles. The van der Waals surface area contributed by atoms with Crippen molar-refractivity contribution in [2.24, 2.45) is 0 Å². The van der Waals surface area contributed by atoms with Crippen LogP contribution in [0.2, 0.25) is 0 Å². The van der Waals surface area contributed by atoms with Crippen LogP contribution in [0.4, 0.5) is 5.95 Å². The monoisotopic (exact) mass is 268 g/mol. The molecule has 0 spiro atoms. The van der Waals surface area contributed by atoms with Crippen LogP contribution in [0.3, 0.4) is 0 Å². The van der Waals surface area contributed by atoms with Crippen LogP contribution in [-0.4, -0.2) is 15.0 Å². The van der Waals surface area contributed by atoms with Gasteiger partial charge in [-0.15, -0.1) is 0 Å². The molecule has 1 aromatic carbocycles. The summed E-state index contributed by atoms with van der Waals surface area (Å²) in [5.74, 6) is 2.49. The first-order chi connectivity index (χ1) is 9.70. The van der Waals surface area contributed by atoms with Crippen molar-refractivity contribution in [1.82, 2.24) is 15.0 Å². The number of aromatic nitrogens is 3. The zero-order chi connectivity index (χ0) is 13.9. The summed E-state index contributed by atoms with van der Waals surface area (Å²) >= 11 is 0. The minimum absolute atomic E-state index is 0.351. The standard InChI is InChI=1S/C16H20N4/c1-11-6-8-12(9-7-11)10-14-18-15(20-16(17)19-14)13-4-2-3-5-13/h6-9,13H,2-5,10H2,1H3,(H2,17,18,19,20). The lowest BCUT2D eigenvalue weighted by Crippen LogP contribution is -2.10. The summed E-state index contributed by atoms with van der Waals surface area (Å²) in [6, 6.07) is 8.45. The van der Waals surface area contributed by atoms with Crippen LogP contribution < -0.4 is 5.73 Å². The number of benzene rings is 1. The molecule has 0 atom stereocenters. The van der Waals surface area contributed by atoms with Crippen LogP contribution in [0.25, 0.3) is 0 Å².